The first-order valence-electron chi connectivity index (χ1n) is 8.00. The molecule has 25 heavy (non-hydrogen) atoms. The summed E-state index contributed by atoms with van der Waals surface area (Å²) in [6.07, 6.45) is -0.382. The molecule has 6 nitrogen and oxygen atoms in total. The summed E-state index contributed by atoms with van der Waals surface area (Å²) < 4.78 is 21.2. The Hall–Kier alpha value is -1.96. The molecule has 8 heteroatoms. The number of carbonyl (C=O) groups is 1. The van der Waals surface area contributed by atoms with Gasteiger partial charge in [-0.15, -0.1) is 0 Å². The molecule has 3 rings (SSSR count). The minimum Gasteiger partial charge on any atom is -0.477 e. The van der Waals surface area contributed by atoms with E-state index in [2.05, 4.69) is 10.4 Å². The first-order valence-corrected chi connectivity index (χ1v) is 8.38. The Morgan fingerprint density at radius 1 is 1.52 bits per heavy atom. The van der Waals surface area contributed by atoms with Crippen molar-refractivity contribution in [1.82, 2.24) is 15.1 Å². The lowest BCUT2D eigenvalue weighted by Gasteiger charge is -2.25. The average molecular weight is 368 g/mol. The molecule has 2 atom stereocenters. The minimum atomic E-state index is -1.03. The highest BCUT2D eigenvalue weighted by Crippen LogP contribution is 2.31. The molecular weight excluding hydrogens is 349 g/mol. The standard InChI is InChI=1S/C17H19ClFN3O3/c1-10-6-15(17(23)24)22(21-10)9-12-8-20-4-5-25-16(12)11-2-3-13(18)14(19)7-11/h2-3,6-7,12,16,20H,4-5,8-9H2,1H3,(H,23,24)/t12-,16-/m0/s1. The van der Waals surface area contributed by atoms with Gasteiger partial charge in [0.25, 0.3) is 0 Å². The number of ether oxygens (including phenoxy) is 1. The zero-order valence-electron chi connectivity index (χ0n) is 13.7. The predicted octanol–water partition coefficient (Wildman–Crippen LogP) is 2.66. The van der Waals surface area contributed by atoms with E-state index in [1.165, 1.54) is 22.9 Å². The van der Waals surface area contributed by atoms with Gasteiger partial charge < -0.3 is 15.2 Å². The van der Waals surface area contributed by atoms with E-state index in [1.54, 1.807) is 13.0 Å². The van der Waals surface area contributed by atoms with Crippen molar-refractivity contribution in [2.45, 2.75) is 19.6 Å². The van der Waals surface area contributed by atoms with Gasteiger partial charge in [-0.25, -0.2) is 9.18 Å². The van der Waals surface area contributed by atoms with Crippen LogP contribution in [0.15, 0.2) is 24.3 Å². The van der Waals surface area contributed by atoms with Crippen LogP contribution in [0.3, 0.4) is 0 Å². The summed E-state index contributed by atoms with van der Waals surface area (Å²) in [4.78, 5) is 11.4. The first kappa shape index (κ1) is 17.8. The number of hydrogen-bond acceptors (Lipinski definition) is 4. The van der Waals surface area contributed by atoms with E-state index in [1.807, 2.05) is 0 Å². The molecule has 2 N–H and O–H groups in total. The Morgan fingerprint density at radius 2 is 2.32 bits per heavy atom. The Labute approximate surface area is 149 Å². The number of aryl methyl sites for hydroxylation is 1. The number of aromatic nitrogens is 2. The van der Waals surface area contributed by atoms with Crippen molar-refractivity contribution in [3.63, 3.8) is 0 Å². The third-order valence-electron chi connectivity index (χ3n) is 4.21. The van der Waals surface area contributed by atoms with Gasteiger partial charge in [0, 0.05) is 25.6 Å². The number of halogens is 2. The Balaban J connectivity index is 1.91. The molecular formula is C17H19ClFN3O3. The molecule has 0 spiro atoms. The summed E-state index contributed by atoms with van der Waals surface area (Å²) in [5.41, 5.74) is 1.44. The Morgan fingerprint density at radius 3 is 3.04 bits per heavy atom. The molecule has 0 radical (unpaired) electrons. The van der Waals surface area contributed by atoms with Gasteiger partial charge in [0.15, 0.2) is 0 Å². The highest BCUT2D eigenvalue weighted by molar-refractivity contribution is 6.30. The molecule has 2 heterocycles. The van der Waals surface area contributed by atoms with Crippen LogP contribution >= 0.6 is 11.6 Å². The lowest BCUT2D eigenvalue weighted by atomic mass is 9.95. The normalized spacial score (nSPS) is 21.1. The maximum Gasteiger partial charge on any atom is 0.354 e. The van der Waals surface area contributed by atoms with Crippen molar-refractivity contribution in [1.29, 1.82) is 0 Å². The molecule has 0 bridgehead atoms. The van der Waals surface area contributed by atoms with E-state index in [-0.39, 0.29) is 22.7 Å². The summed E-state index contributed by atoms with van der Waals surface area (Å²) in [6.45, 7) is 3.85. The van der Waals surface area contributed by atoms with Crippen LogP contribution in [0.1, 0.15) is 27.8 Å². The van der Waals surface area contributed by atoms with Crippen molar-refractivity contribution in [2.75, 3.05) is 19.7 Å². The number of nitrogens with one attached hydrogen (secondary N) is 1. The second kappa shape index (κ2) is 7.51. The summed E-state index contributed by atoms with van der Waals surface area (Å²) in [5, 5.41) is 16.9. The van der Waals surface area contributed by atoms with Crippen LogP contribution in [0.25, 0.3) is 0 Å². The van der Waals surface area contributed by atoms with Crippen LogP contribution < -0.4 is 5.32 Å². The topological polar surface area (TPSA) is 76.4 Å². The van der Waals surface area contributed by atoms with E-state index in [0.717, 1.165) is 0 Å². The Bertz CT molecular complexity index is 780. The van der Waals surface area contributed by atoms with Gasteiger partial charge in [-0.2, -0.15) is 5.10 Å². The van der Waals surface area contributed by atoms with Crippen LogP contribution in [0.4, 0.5) is 4.39 Å². The molecule has 134 valence electrons. The van der Waals surface area contributed by atoms with E-state index in [9.17, 15) is 14.3 Å². The lowest BCUT2D eigenvalue weighted by molar-refractivity contribution is 0.0234. The molecule has 1 aliphatic rings. The highest BCUT2D eigenvalue weighted by atomic mass is 35.5. The number of carboxylic acids is 1. The molecule has 1 fully saturated rings. The fourth-order valence-electron chi connectivity index (χ4n) is 3.09. The fraction of sp³-hybridized carbons (Fsp3) is 0.412. The molecule has 1 saturated heterocycles. The minimum absolute atomic E-state index is 0.0583. The summed E-state index contributed by atoms with van der Waals surface area (Å²) >= 11 is 5.77. The maximum atomic E-state index is 13.9. The summed E-state index contributed by atoms with van der Waals surface area (Å²) in [7, 11) is 0. The SMILES string of the molecule is Cc1cc(C(=O)O)n(C[C@@H]2CNCCO[C@H]2c2ccc(Cl)c(F)c2)n1. The van der Waals surface area contributed by atoms with Gasteiger partial charge in [-0.05, 0) is 30.7 Å². The van der Waals surface area contributed by atoms with Gasteiger partial charge in [0.1, 0.15) is 11.5 Å². The second-order valence-electron chi connectivity index (χ2n) is 6.09. The zero-order valence-corrected chi connectivity index (χ0v) is 14.5. The molecule has 1 aliphatic heterocycles. The van der Waals surface area contributed by atoms with Gasteiger partial charge >= 0.3 is 5.97 Å². The van der Waals surface area contributed by atoms with Crippen molar-refractivity contribution in [3.05, 3.63) is 52.1 Å². The molecule has 0 saturated carbocycles. The van der Waals surface area contributed by atoms with E-state index < -0.39 is 11.8 Å². The number of rotatable bonds is 4. The summed E-state index contributed by atoms with van der Waals surface area (Å²) in [6, 6.07) is 6.15. The van der Waals surface area contributed by atoms with Crippen LogP contribution in [-0.4, -0.2) is 40.6 Å². The summed E-state index contributed by atoms with van der Waals surface area (Å²) in [5.74, 6) is -1.64. The van der Waals surface area contributed by atoms with Gasteiger partial charge in [0.05, 0.1) is 23.4 Å². The number of nitrogens with zero attached hydrogens (tertiary/aromatic N) is 2. The van der Waals surface area contributed by atoms with Crippen molar-refractivity contribution >= 4 is 17.6 Å². The zero-order chi connectivity index (χ0) is 18.0. The molecule has 0 aliphatic carbocycles. The van der Waals surface area contributed by atoms with Crippen LogP contribution in [-0.2, 0) is 11.3 Å². The molecule has 0 amide bonds. The quantitative estimate of drug-likeness (QED) is 0.868. The van der Waals surface area contributed by atoms with Gasteiger partial charge in [-0.1, -0.05) is 17.7 Å². The van der Waals surface area contributed by atoms with Crippen LogP contribution in [0, 0.1) is 18.7 Å². The number of benzene rings is 1. The van der Waals surface area contributed by atoms with Crippen molar-refractivity contribution < 1.29 is 19.0 Å². The van der Waals surface area contributed by atoms with E-state index >= 15 is 0 Å². The monoisotopic (exact) mass is 367 g/mol. The van der Waals surface area contributed by atoms with Crippen molar-refractivity contribution in [3.8, 4) is 0 Å². The smallest absolute Gasteiger partial charge is 0.354 e. The number of aromatic carboxylic acids is 1. The maximum absolute atomic E-state index is 13.9. The number of hydrogen-bond donors (Lipinski definition) is 2. The molecule has 0 unspecified atom stereocenters. The lowest BCUT2D eigenvalue weighted by Crippen LogP contribution is -2.29. The second-order valence-corrected chi connectivity index (χ2v) is 6.49. The Kier molecular flexibility index (Phi) is 5.36. The number of carboxylic acid groups (broad SMARTS) is 1. The van der Waals surface area contributed by atoms with Crippen LogP contribution in [0.2, 0.25) is 5.02 Å². The van der Waals surface area contributed by atoms with Gasteiger partial charge in [-0.3, -0.25) is 4.68 Å². The third-order valence-corrected chi connectivity index (χ3v) is 4.52. The third kappa shape index (κ3) is 4.00. The van der Waals surface area contributed by atoms with E-state index in [4.69, 9.17) is 16.3 Å². The molecule has 2 aromatic rings. The fourth-order valence-corrected chi connectivity index (χ4v) is 3.20. The highest BCUT2D eigenvalue weighted by Gasteiger charge is 2.29. The van der Waals surface area contributed by atoms with Gasteiger partial charge in [0.2, 0.25) is 0 Å². The van der Waals surface area contributed by atoms with Crippen LogP contribution in [0.5, 0.6) is 0 Å². The first-order chi connectivity index (χ1) is 12.0. The van der Waals surface area contributed by atoms with Crippen molar-refractivity contribution in [2.24, 2.45) is 5.92 Å². The predicted molar refractivity (Wildman–Crippen MR) is 90.4 cm³/mol. The average Bonchev–Trinajstić information content (AvgIpc) is 2.78. The largest absolute Gasteiger partial charge is 0.477 e. The molecule has 1 aromatic heterocycles. The van der Waals surface area contributed by atoms with E-state index in [0.29, 0.717) is 37.5 Å². The molecule has 1 aromatic carbocycles.